The summed E-state index contributed by atoms with van der Waals surface area (Å²) in [4.78, 5) is 65.2. The van der Waals surface area contributed by atoms with Crippen molar-refractivity contribution in [1.82, 2.24) is 20.9 Å². The highest BCUT2D eigenvalue weighted by molar-refractivity contribution is 5.96. The van der Waals surface area contributed by atoms with Gasteiger partial charge in [-0.05, 0) is 49.7 Å². The standard InChI is InChI=1S/C28H35F5N4O6/c1-14(2)23(36-27(42)28(31,32)33)26(41)37-9-7-15(3)10-20(37)25(40)35-19(11-16-6-8-34-24(16)39)21(38)13-43-22-5-4-17(29)12-18(22)30/h4-5,12,14-16,19-20,23H,6-11,13H2,1-3H3,(H,34,39)(H,35,40)(H,36,42)/t15-,16+,19+,20+,23+/m1/s1. The summed E-state index contributed by atoms with van der Waals surface area (Å²) >= 11 is 0. The average molecular weight is 619 g/mol. The number of hydrogen-bond donors (Lipinski definition) is 3. The van der Waals surface area contributed by atoms with E-state index >= 15 is 0 Å². The Balaban J connectivity index is 1.81. The minimum absolute atomic E-state index is 0.0137. The highest BCUT2D eigenvalue weighted by Gasteiger charge is 2.44. The molecular formula is C28H35F5N4O6. The lowest BCUT2D eigenvalue weighted by molar-refractivity contribution is -0.175. The lowest BCUT2D eigenvalue weighted by atomic mass is 9.89. The van der Waals surface area contributed by atoms with Crippen LogP contribution in [-0.2, 0) is 24.0 Å². The van der Waals surface area contributed by atoms with Gasteiger partial charge in [-0.2, -0.15) is 13.2 Å². The summed E-state index contributed by atoms with van der Waals surface area (Å²) in [6.45, 7) is 4.37. The van der Waals surface area contributed by atoms with Crippen LogP contribution in [0.3, 0.4) is 0 Å². The van der Waals surface area contributed by atoms with Crippen LogP contribution in [0.25, 0.3) is 0 Å². The van der Waals surface area contributed by atoms with Gasteiger partial charge in [-0.15, -0.1) is 0 Å². The number of nitrogens with one attached hydrogen (secondary N) is 3. The summed E-state index contributed by atoms with van der Waals surface area (Å²) in [5.41, 5.74) is 0. The van der Waals surface area contributed by atoms with E-state index < -0.39 is 83.6 Å². The average Bonchev–Trinajstić information content (AvgIpc) is 3.33. The van der Waals surface area contributed by atoms with E-state index in [1.165, 1.54) is 13.8 Å². The van der Waals surface area contributed by atoms with Gasteiger partial charge in [0.25, 0.3) is 0 Å². The molecule has 0 aromatic heterocycles. The number of Topliss-reactive ketones (excluding diaryl/α,β-unsaturated/α-hetero) is 1. The van der Waals surface area contributed by atoms with Crippen molar-refractivity contribution in [2.75, 3.05) is 19.7 Å². The van der Waals surface area contributed by atoms with Crippen molar-refractivity contribution in [2.24, 2.45) is 17.8 Å². The molecule has 15 heteroatoms. The molecule has 238 valence electrons. The summed E-state index contributed by atoms with van der Waals surface area (Å²) in [7, 11) is 0. The first-order valence-electron chi connectivity index (χ1n) is 13.9. The molecule has 43 heavy (non-hydrogen) atoms. The van der Waals surface area contributed by atoms with Gasteiger partial charge in [-0.25, -0.2) is 8.78 Å². The first kappa shape index (κ1) is 33.7. The van der Waals surface area contributed by atoms with Crippen LogP contribution in [0.15, 0.2) is 18.2 Å². The van der Waals surface area contributed by atoms with Gasteiger partial charge in [0.1, 0.15) is 24.5 Å². The number of rotatable bonds is 11. The third-order valence-corrected chi connectivity index (χ3v) is 7.58. The van der Waals surface area contributed by atoms with Gasteiger partial charge in [0, 0.05) is 25.1 Å². The molecule has 2 aliphatic rings. The van der Waals surface area contributed by atoms with Crippen LogP contribution in [0.1, 0.15) is 46.5 Å². The van der Waals surface area contributed by atoms with E-state index in [1.807, 2.05) is 6.92 Å². The topological polar surface area (TPSA) is 134 Å². The summed E-state index contributed by atoms with van der Waals surface area (Å²) in [6.07, 6.45) is -4.41. The number of carbonyl (C=O) groups is 5. The highest BCUT2D eigenvalue weighted by Crippen LogP contribution is 2.26. The Bertz CT molecular complexity index is 1230. The predicted molar refractivity (Wildman–Crippen MR) is 141 cm³/mol. The van der Waals surface area contributed by atoms with Crippen molar-refractivity contribution >= 4 is 29.4 Å². The molecule has 2 aliphatic heterocycles. The third-order valence-electron chi connectivity index (χ3n) is 7.58. The van der Waals surface area contributed by atoms with Crippen molar-refractivity contribution in [2.45, 2.75) is 70.8 Å². The Hall–Kier alpha value is -3.78. The molecule has 5 atom stereocenters. The SMILES string of the molecule is CC(C)[C@H](NC(=O)C(F)(F)F)C(=O)N1CC[C@@H](C)C[C@H]1C(=O)N[C@@H](C[C@@H]1CCNC1=O)C(=O)COc1ccc(F)cc1F. The van der Waals surface area contributed by atoms with E-state index in [-0.39, 0.29) is 31.2 Å². The molecule has 10 nitrogen and oxygen atoms in total. The maximum Gasteiger partial charge on any atom is 0.471 e. The summed E-state index contributed by atoms with van der Waals surface area (Å²) < 4.78 is 71.3. The molecule has 4 amide bonds. The number of benzene rings is 1. The number of carbonyl (C=O) groups excluding carboxylic acids is 5. The van der Waals surface area contributed by atoms with Crippen molar-refractivity contribution in [3.05, 3.63) is 29.8 Å². The van der Waals surface area contributed by atoms with E-state index in [2.05, 4.69) is 10.6 Å². The second-order valence-electron chi connectivity index (χ2n) is 11.3. The van der Waals surface area contributed by atoms with Crippen molar-refractivity contribution in [1.29, 1.82) is 0 Å². The molecular weight excluding hydrogens is 583 g/mol. The number of likely N-dealkylation sites (tertiary alicyclic amines) is 1. The molecule has 0 unspecified atom stereocenters. The Morgan fingerprint density at radius 2 is 1.81 bits per heavy atom. The zero-order valence-electron chi connectivity index (χ0n) is 23.9. The van der Waals surface area contributed by atoms with E-state index in [1.54, 1.807) is 5.32 Å². The number of piperidine rings is 1. The van der Waals surface area contributed by atoms with E-state index in [9.17, 15) is 45.9 Å². The van der Waals surface area contributed by atoms with Gasteiger partial charge in [-0.1, -0.05) is 20.8 Å². The number of amides is 4. The second-order valence-corrected chi connectivity index (χ2v) is 11.3. The molecule has 0 aliphatic carbocycles. The van der Waals surface area contributed by atoms with Crippen molar-refractivity contribution in [3.63, 3.8) is 0 Å². The molecule has 1 aromatic rings. The van der Waals surface area contributed by atoms with Crippen LogP contribution >= 0.6 is 0 Å². The number of ketones is 1. The fraction of sp³-hybridized carbons (Fsp3) is 0.607. The van der Waals surface area contributed by atoms with Crippen LogP contribution in [0.5, 0.6) is 5.75 Å². The normalized spacial score (nSPS) is 22.0. The quantitative estimate of drug-likeness (QED) is 0.326. The fourth-order valence-electron chi connectivity index (χ4n) is 5.10. The number of halogens is 5. The molecule has 0 radical (unpaired) electrons. The minimum Gasteiger partial charge on any atom is -0.483 e. The van der Waals surface area contributed by atoms with Crippen LogP contribution in [0.4, 0.5) is 22.0 Å². The fourth-order valence-corrected chi connectivity index (χ4v) is 5.10. The molecule has 0 saturated carbocycles. The van der Waals surface area contributed by atoms with Gasteiger partial charge < -0.3 is 25.6 Å². The summed E-state index contributed by atoms with van der Waals surface area (Å²) in [5, 5.41) is 6.92. The van der Waals surface area contributed by atoms with E-state index in [0.29, 0.717) is 25.5 Å². The van der Waals surface area contributed by atoms with Gasteiger partial charge >= 0.3 is 12.1 Å². The van der Waals surface area contributed by atoms with Gasteiger partial charge in [0.05, 0.1) is 6.04 Å². The largest absolute Gasteiger partial charge is 0.483 e. The summed E-state index contributed by atoms with van der Waals surface area (Å²) in [5.74, 6) is -8.77. The first-order chi connectivity index (χ1) is 20.1. The Labute approximate surface area is 245 Å². The van der Waals surface area contributed by atoms with Crippen LogP contribution in [0.2, 0.25) is 0 Å². The Morgan fingerprint density at radius 1 is 1.12 bits per heavy atom. The monoisotopic (exact) mass is 618 g/mol. The van der Waals surface area contributed by atoms with Crippen molar-refractivity contribution in [3.8, 4) is 5.75 Å². The van der Waals surface area contributed by atoms with Crippen LogP contribution in [-0.4, -0.2) is 78.3 Å². The minimum atomic E-state index is -5.22. The molecule has 1 aromatic carbocycles. The number of hydrogen-bond acceptors (Lipinski definition) is 6. The maximum absolute atomic E-state index is 14.0. The Morgan fingerprint density at radius 3 is 2.40 bits per heavy atom. The predicted octanol–water partition coefficient (Wildman–Crippen LogP) is 2.25. The highest BCUT2D eigenvalue weighted by atomic mass is 19.4. The molecule has 0 spiro atoms. The molecule has 0 bridgehead atoms. The Kier molecular flexibility index (Phi) is 11.1. The number of ether oxygens (including phenoxy) is 1. The zero-order chi connectivity index (χ0) is 32.1. The molecule has 3 rings (SSSR count). The van der Waals surface area contributed by atoms with Gasteiger partial charge in [-0.3, -0.25) is 24.0 Å². The zero-order valence-corrected chi connectivity index (χ0v) is 23.9. The molecule has 3 N–H and O–H groups in total. The van der Waals surface area contributed by atoms with Crippen molar-refractivity contribution < 1.29 is 50.7 Å². The van der Waals surface area contributed by atoms with Gasteiger partial charge in [0.2, 0.25) is 17.7 Å². The summed E-state index contributed by atoms with van der Waals surface area (Å²) in [6, 6.07) is -1.57. The smallest absolute Gasteiger partial charge is 0.471 e. The second kappa shape index (κ2) is 14.1. The van der Waals surface area contributed by atoms with Crippen LogP contribution in [0, 0.1) is 29.4 Å². The maximum atomic E-state index is 14.0. The van der Waals surface area contributed by atoms with Gasteiger partial charge in [0.15, 0.2) is 17.3 Å². The third kappa shape index (κ3) is 8.86. The first-order valence-corrected chi connectivity index (χ1v) is 13.9. The number of alkyl halides is 3. The van der Waals surface area contributed by atoms with E-state index in [0.717, 1.165) is 17.0 Å². The lowest BCUT2D eigenvalue weighted by Gasteiger charge is -2.40. The van der Waals surface area contributed by atoms with E-state index in [4.69, 9.17) is 4.74 Å². The molecule has 2 saturated heterocycles. The lowest BCUT2D eigenvalue weighted by Crippen LogP contribution is -2.61. The van der Waals surface area contributed by atoms with Crippen LogP contribution < -0.4 is 20.7 Å². The molecule has 2 fully saturated rings. The number of nitrogens with zero attached hydrogens (tertiary/aromatic N) is 1. The molecule has 2 heterocycles.